The van der Waals surface area contributed by atoms with E-state index in [1.54, 1.807) is 6.92 Å². The van der Waals surface area contributed by atoms with Crippen molar-refractivity contribution in [3.63, 3.8) is 0 Å². The molecule has 0 aromatic rings. The van der Waals surface area contributed by atoms with Crippen LogP contribution in [0.1, 0.15) is 79.1 Å². The third-order valence-corrected chi connectivity index (χ3v) is 11.8. The summed E-state index contributed by atoms with van der Waals surface area (Å²) in [5.74, 6) is 1.58. The minimum Gasteiger partial charge on any atom is -0.376 e. The van der Waals surface area contributed by atoms with Crippen molar-refractivity contribution in [2.75, 3.05) is 26.0 Å². The summed E-state index contributed by atoms with van der Waals surface area (Å²) in [5.41, 5.74) is -0.389. The highest BCUT2D eigenvalue weighted by Crippen LogP contribution is 2.66. The first-order valence-corrected chi connectivity index (χ1v) is 16.0. The molecule has 0 aromatic carbocycles. The molecule has 1 heterocycles. The van der Waals surface area contributed by atoms with E-state index in [0.29, 0.717) is 37.1 Å². The first-order valence-electron chi connectivity index (χ1n) is 14.1. The summed E-state index contributed by atoms with van der Waals surface area (Å²) >= 11 is 0. The van der Waals surface area contributed by atoms with E-state index in [9.17, 15) is 18.0 Å². The van der Waals surface area contributed by atoms with Crippen molar-refractivity contribution in [1.29, 1.82) is 0 Å². The molecule has 0 aromatic heterocycles. The number of morpholine rings is 1. The molecule has 0 unspecified atom stereocenters. The Balaban J connectivity index is 1.47. The van der Waals surface area contributed by atoms with Crippen LogP contribution in [-0.4, -0.2) is 69.1 Å². The number of nitrogens with zero attached hydrogens (tertiary/aromatic N) is 1. The SMILES string of the molecule is CC[C@@H]1CN([C@H]2C[C@@]3(C)[C@@H](CC[C@H]4[C@@H]5CC[C@H](C(C)=O)[C@@]5(C)CC(=O)[C@@H]43)C[C@@H]2OS(C)(=O)=O)CCO1. The van der Waals surface area contributed by atoms with Crippen molar-refractivity contribution < 1.29 is 26.9 Å². The van der Waals surface area contributed by atoms with Gasteiger partial charge in [-0.05, 0) is 80.5 Å². The summed E-state index contributed by atoms with van der Waals surface area (Å²) < 4.78 is 36.2. The molecule has 10 atom stereocenters. The number of carbonyl (C=O) groups is 2. The zero-order valence-electron chi connectivity index (χ0n) is 22.7. The van der Waals surface area contributed by atoms with Crippen molar-refractivity contribution in [1.82, 2.24) is 4.90 Å². The van der Waals surface area contributed by atoms with Gasteiger partial charge in [0.25, 0.3) is 10.1 Å². The smallest absolute Gasteiger partial charge is 0.264 e. The molecule has 5 fully saturated rings. The lowest BCUT2D eigenvalue weighted by molar-refractivity contribution is -0.171. The van der Waals surface area contributed by atoms with Gasteiger partial charge in [0.05, 0.1) is 25.1 Å². The summed E-state index contributed by atoms with van der Waals surface area (Å²) in [7, 11) is -3.60. The monoisotopic (exact) mass is 523 g/mol. The van der Waals surface area contributed by atoms with E-state index in [1.807, 2.05) is 0 Å². The number of ketones is 2. The van der Waals surface area contributed by atoms with Crippen molar-refractivity contribution in [3.05, 3.63) is 0 Å². The largest absolute Gasteiger partial charge is 0.376 e. The fourth-order valence-corrected chi connectivity index (χ4v) is 10.4. The predicted octanol–water partition coefficient (Wildman–Crippen LogP) is 3.85. The lowest BCUT2D eigenvalue weighted by Gasteiger charge is -2.62. The van der Waals surface area contributed by atoms with Gasteiger partial charge in [0, 0.05) is 37.4 Å². The Hall–Kier alpha value is -0.830. The van der Waals surface area contributed by atoms with Gasteiger partial charge in [-0.2, -0.15) is 8.42 Å². The standard InChI is InChI=1S/C28H45NO6S/c1-6-19-16-29(11-12-34-19)23-14-27(3)18(13-25(23)35-36(5,32)33)7-8-20-22-10-9-21(17(2)30)28(22,4)15-24(31)26(20)27/h18-23,25-26H,6-16H2,1-5H3/t18-,19+,20-,21+,22-,23-,25-,26+,27-,28+/m0/s1. The maximum absolute atomic E-state index is 14.0. The number of hydrogen-bond donors (Lipinski definition) is 0. The van der Waals surface area contributed by atoms with Gasteiger partial charge < -0.3 is 4.74 Å². The average molecular weight is 524 g/mol. The molecule has 5 aliphatic rings. The van der Waals surface area contributed by atoms with E-state index in [1.165, 1.54) is 0 Å². The van der Waals surface area contributed by atoms with Crippen molar-refractivity contribution >= 4 is 21.7 Å². The molecule has 8 heteroatoms. The van der Waals surface area contributed by atoms with Crippen molar-refractivity contribution in [2.45, 2.75) is 97.3 Å². The molecule has 0 bridgehead atoms. The number of carbonyl (C=O) groups excluding carboxylic acids is 2. The van der Waals surface area contributed by atoms with Crippen LogP contribution >= 0.6 is 0 Å². The van der Waals surface area contributed by atoms with E-state index in [-0.39, 0.29) is 52.6 Å². The molecule has 0 N–H and O–H groups in total. The molecule has 5 rings (SSSR count). The molecule has 4 aliphatic carbocycles. The first-order chi connectivity index (χ1) is 16.9. The summed E-state index contributed by atoms with van der Waals surface area (Å²) in [6.45, 7) is 10.5. The number of ether oxygens (including phenoxy) is 1. The summed E-state index contributed by atoms with van der Waals surface area (Å²) in [6, 6.07) is -0.0488. The van der Waals surface area contributed by atoms with E-state index in [2.05, 4.69) is 25.7 Å². The molecule has 4 saturated carbocycles. The Morgan fingerprint density at radius 1 is 1.17 bits per heavy atom. The third-order valence-electron chi connectivity index (χ3n) is 11.2. The van der Waals surface area contributed by atoms with Gasteiger partial charge in [0.2, 0.25) is 0 Å². The number of rotatable bonds is 5. The van der Waals surface area contributed by atoms with Crippen LogP contribution in [0.5, 0.6) is 0 Å². The molecule has 0 spiro atoms. The molecule has 0 amide bonds. The highest BCUT2D eigenvalue weighted by Gasteiger charge is 2.65. The highest BCUT2D eigenvalue weighted by molar-refractivity contribution is 7.86. The molecular weight excluding hydrogens is 478 g/mol. The number of fused-ring (bicyclic) bond motifs is 5. The van der Waals surface area contributed by atoms with Gasteiger partial charge in [0.15, 0.2) is 0 Å². The second-order valence-electron chi connectivity index (χ2n) is 13.2. The van der Waals surface area contributed by atoms with Crippen LogP contribution in [0.4, 0.5) is 0 Å². The van der Waals surface area contributed by atoms with Gasteiger partial charge in [-0.3, -0.25) is 18.7 Å². The van der Waals surface area contributed by atoms with Gasteiger partial charge in [-0.1, -0.05) is 20.8 Å². The summed E-state index contributed by atoms with van der Waals surface area (Å²) in [4.78, 5) is 28.9. The minimum absolute atomic E-state index is 0.00361. The van der Waals surface area contributed by atoms with Crippen LogP contribution in [0.25, 0.3) is 0 Å². The van der Waals surface area contributed by atoms with Crippen LogP contribution in [0.2, 0.25) is 0 Å². The van der Waals surface area contributed by atoms with E-state index < -0.39 is 10.1 Å². The second kappa shape index (κ2) is 9.42. The second-order valence-corrected chi connectivity index (χ2v) is 14.8. The molecule has 7 nitrogen and oxygen atoms in total. The van der Waals surface area contributed by atoms with Crippen LogP contribution < -0.4 is 0 Å². The Bertz CT molecular complexity index is 998. The fraction of sp³-hybridized carbons (Fsp3) is 0.929. The van der Waals surface area contributed by atoms with Crippen molar-refractivity contribution in [2.24, 2.45) is 40.4 Å². The Kier molecular flexibility index (Phi) is 7.00. The highest BCUT2D eigenvalue weighted by atomic mass is 32.2. The normalized spacial score (nSPS) is 47.6. The van der Waals surface area contributed by atoms with Gasteiger partial charge in [0.1, 0.15) is 11.6 Å². The van der Waals surface area contributed by atoms with Crippen LogP contribution in [0.15, 0.2) is 0 Å². The molecule has 204 valence electrons. The van der Waals surface area contributed by atoms with Crippen LogP contribution in [0, 0.1) is 40.4 Å². The lowest BCUT2D eigenvalue weighted by Crippen LogP contribution is -2.63. The van der Waals surface area contributed by atoms with Gasteiger partial charge in [-0.25, -0.2) is 0 Å². The zero-order chi connectivity index (χ0) is 26.0. The van der Waals surface area contributed by atoms with Crippen LogP contribution in [-0.2, 0) is 28.6 Å². The molecule has 0 radical (unpaired) electrons. The third kappa shape index (κ3) is 4.42. The quantitative estimate of drug-likeness (QED) is 0.506. The van der Waals surface area contributed by atoms with Gasteiger partial charge >= 0.3 is 0 Å². The topological polar surface area (TPSA) is 90.0 Å². The zero-order valence-corrected chi connectivity index (χ0v) is 23.5. The lowest BCUT2D eigenvalue weighted by atomic mass is 9.43. The van der Waals surface area contributed by atoms with E-state index in [0.717, 1.165) is 57.9 Å². The van der Waals surface area contributed by atoms with Crippen molar-refractivity contribution in [3.8, 4) is 0 Å². The van der Waals surface area contributed by atoms with Crippen LogP contribution in [0.3, 0.4) is 0 Å². The number of Topliss-reactive ketones (excluding diaryl/α,β-unsaturated/α-hetero) is 2. The Labute approximate surface area is 217 Å². The predicted molar refractivity (Wildman–Crippen MR) is 137 cm³/mol. The molecule has 36 heavy (non-hydrogen) atoms. The maximum Gasteiger partial charge on any atom is 0.264 e. The molecule has 1 aliphatic heterocycles. The van der Waals surface area contributed by atoms with E-state index in [4.69, 9.17) is 8.92 Å². The maximum atomic E-state index is 14.0. The Morgan fingerprint density at radius 2 is 1.92 bits per heavy atom. The van der Waals surface area contributed by atoms with E-state index >= 15 is 0 Å². The Morgan fingerprint density at radius 3 is 2.58 bits per heavy atom. The molecular formula is C28H45NO6S. The molecule has 1 saturated heterocycles. The summed E-state index contributed by atoms with van der Waals surface area (Å²) in [6.07, 6.45) is 7.73. The fourth-order valence-electron chi connectivity index (χ4n) is 9.73. The minimum atomic E-state index is -3.60. The number of hydrogen-bond acceptors (Lipinski definition) is 7. The first kappa shape index (κ1) is 26.8. The average Bonchev–Trinajstić information content (AvgIpc) is 3.14. The summed E-state index contributed by atoms with van der Waals surface area (Å²) in [5, 5.41) is 0. The van der Waals surface area contributed by atoms with Gasteiger partial charge in [-0.15, -0.1) is 0 Å².